The summed E-state index contributed by atoms with van der Waals surface area (Å²) in [5.41, 5.74) is 4.35. The van der Waals surface area contributed by atoms with Crippen molar-refractivity contribution in [3.05, 3.63) is 41.6 Å². The lowest BCUT2D eigenvalue weighted by Gasteiger charge is -2.22. The van der Waals surface area contributed by atoms with Crippen molar-refractivity contribution in [2.24, 2.45) is 5.92 Å². The van der Waals surface area contributed by atoms with Gasteiger partial charge >= 0.3 is 0 Å². The smallest absolute Gasteiger partial charge is 0.119 e. The number of hydrogen-bond donors (Lipinski definition) is 0. The first-order chi connectivity index (χ1) is 11.2. The highest BCUT2D eigenvalue weighted by Crippen LogP contribution is 2.34. The van der Waals surface area contributed by atoms with Crippen molar-refractivity contribution in [3.63, 3.8) is 0 Å². The second kappa shape index (κ2) is 6.04. The van der Waals surface area contributed by atoms with Gasteiger partial charge in [-0.2, -0.15) is 0 Å². The van der Waals surface area contributed by atoms with E-state index in [4.69, 9.17) is 4.74 Å². The fourth-order valence-corrected chi connectivity index (χ4v) is 3.70. The maximum Gasteiger partial charge on any atom is 0.119 e. The minimum Gasteiger partial charge on any atom is -0.497 e. The van der Waals surface area contributed by atoms with E-state index in [-0.39, 0.29) is 0 Å². The predicted molar refractivity (Wildman–Crippen MR) is 95.1 cm³/mol. The van der Waals surface area contributed by atoms with E-state index >= 15 is 0 Å². The highest BCUT2D eigenvalue weighted by atomic mass is 16.5. The number of aromatic nitrogens is 1. The zero-order valence-corrected chi connectivity index (χ0v) is 14.2. The Bertz CT molecular complexity index is 739. The first-order valence-electron chi connectivity index (χ1n) is 8.75. The van der Waals surface area contributed by atoms with Gasteiger partial charge in [-0.1, -0.05) is 11.6 Å². The molecule has 23 heavy (non-hydrogen) atoms. The average Bonchev–Trinajstić information content (AvgIpc) is 3.31. The third-order valence-electron chi connectivity index (χ3n) is 5.16. The molecular weight excluding hydrogens is 284 g/mol. The number of rotatable bonds is 5. The van der Waals surface area contributed by atoms with Gasteiger partial charge in [0.05, 0.1) is 7.11 Å². The van der Waals surface area contributed by atoms with E-state index in [1.807, 2.05) is 0 Å². The molecule has 3 nitrogen and oxygen atoms in total. The Hall–Kier alpha value is -1.74. The largest absolute Gasteiger partial charge is 0.497 e. The topological polar surface area (TPSA) is 17.4 Å². The molecule has 1 fully saturated rings. The quantitative estimate of drug-likeness (QED) is 0.780. The van der Waals surface area contributed by atoms with Gasteiger partial charge in [0.1, 0.15) is 5.75 Å². The highest BCUT2D eigenvalue weighted by Gasteiger charge is 2.23. The van der Waals surface area contributed by atoms with Crippen molar-refractivity contribution < 1.29 is 4.74 Å². The zero-order valence-electron chi connectivity index (χ0n) is 14.2. The fourth-order valence-electron chi connectivity index (χ4n) is 3.70. The summed E-state index contributed by atoms with van der Waals surface area (Å²) >= 11 is 0. The lowest BCUT2D eigenvalue weighted by atomic mass is 10.0. The summed E-state index contributed by atoms with van der Waals surface area (Å²) in [4.78, 5) is 2.42. The predicted octanol–water partition coefficient (Wildman–Crippen LogP) is 3.86. The monoisotopic (exact) mass is 310 g/mol. The van der Waals surface area contributed by atoms with E-state index in [2.05, 4.69) is 47.0 Å². The van der Waals surface area contributed by atoms with E-state index in [1.165, 1.54) is 48.8 Å². The molecule has 1 aromatic heterocycles. The highest BCUT2D eigenvalue weighted by molar-refractivity contribution is 5.85. The van der Waals surface area contributed by atoms with Crippen LogP contribution in [-0.2, 0) is 13.0 Å². The third-order valence-corrected chi connectivity index (χ3v) is 5.16. The maximum absolute atomic E-state index is 5.45. The lowest BCUT2D eigenvalue weighted by molar-refractivity contribution is 0.352. The van der Waals surface area contributed by atoms with Gasteiger partial charge in [-0.05, 0) is 62.4 Å². The number of fused-ring (bicyclic) bond motifs is 1. The minimum atomic E-state index is 0.889. The van der Waals surface area contributed by atoms with Crippen molar-refractivity contribution in [1.82, 2.24) is 9.47 Å². The minimum absolute atomic E-state index is 0.889. The van der Waals surface area contributed by atoms with Crippen molar-refractivity contribution in [2.75, 3.05) is 27.2 Å². The summed E-state index contributed by atoms with van der Waals surface area (Å²) in [5.74, 6) is 1.85. The molecule has 0 atom stereocenters. The molecular formula is C20H26N2O. The van der Waals surface area contributed by atoms with Gasteiger partial charge in [0.25, 0.3) is 0 Å². The Kier molecular flexibility index (Phi) is 3.90. The Morgan fingerprint density at radius 2 is 2.13 bits per heavy atom. The summed E-state index contributed by atoms with van der Waals surface area (Å²) in [6.07, 6.45) is 9.84. The molecule has 3 heteroatoms. The molecule has 1 saturated carbocycles. The molecule has 0 radical (unpaired) electrons. The number of hydrogen-bond acceptors (Lipinski definition) is 2. The Morgan fingerprint density at radius 3 is 2.87 bits per heavy atom. The van der Waals surface area contributed by atoms with Crippen LogP contribution in [0.4, 0.5) is 0 Å². The van der Waals surface area contributed by atoms with Crippen LogP contribution in [0.25, 0.3) is 10.9 Å². The maximum atomic E-state index is 5.45. The van der Waals surface area contributed by atoms with Crippen molar-refractivity contribution in [3.8, 4) is 5.75 Å². The van der Waals surface area contributed by atoms with Crippen LogP contribution in [0.2, 0.25) is 0 Å². The SMILES string of the molecule is COc1ccc2c(c1)c(CC1=CCCN(C)C1)cn2CC1CC1. The van der Waals surface area contributed by atoms with Gasteiger partial charge < -0.3 is 14.2 Å². The molecule has 2 aromatic rings. The summed E-state index contributed by atoms with van der Waals surface area (Å²) in [5, 5.41) is 1.36. The summed E-state index contributed by atoms with van der Waals surface area (Å²) in [6, 6.07) is 6.52. The summed E-state index contributed by atoms with van der Waals surface area (Å²) in [6.45, 7) is 3.45. The molecule has 0 bridgehead atoms. The molecule has 0 N–H and O–H groups in total. The third kappa shape index (κ3) is 3.16. The molecule has 122 valence electrons. The lowest BCUT2D eigenvalue weighted by Crippen LogP contribution is -2.26. The van der Waals surface area contributed by atoms with Gasteiger partial charge in [-0.3, -0.25) is 0 Å². The van der Waals surface area contributed by atoms with Gasteiger partial charge in [0.2, 0.25) is 0 Å². The van der Waals surface area contributed by atoms with Crippen molar-refractivity contribution in [1.29, 1.82) is 0 Å². The molecule has 1 aliphatic heterocycles. The van der Waals surface area contributed by atoms with E-state index in [0.29, 0.717) is 0 Å². The van der Waals surface area contributed by atoms with Crippen LogP contribution in [0.15, 0.2) is 36.0 Å². The van der Waals surface area contributed by atoms with E-state index in [9.17, 15) is 0 Å². The van der Waals surface area contributed by atoms with Crippen molar-refractivity contribution in [2.45, 2.75) is 32.2 Å². The summed E-state index contributed by atoms with van der Waals surface area (Å²) in [7, 11) is 3.97. The van der Waals surface area contributed by atoms with Gasteiger partial charge in [0.15, 0.2) is 0 Å². The van der Waals surface area contributed by atoms with Gasteiger partial charge in [0, 0.05) is 36.7 Å². The number of ether oxygens (including phenoxy) is 1. The first kappa shape index (κ1) is 14.8. The van der Waals surface area contributed by atoms with Crippen LogP contribution < -0.4 is 4.74 Å². The molecule has 2 aliphatic rings. The van der Waals surface area contributed by atoms with Crippen molar-refractivity contribution >= 4 is 10.9 Å². The number of methoxy groups -OCH3 is 1. The Morgan fingerprint density at radius 1 is 1.26 bits per heavy atom. The van der Waals surface area contributed by atoms with Crippen LogP contribution in [0.3, 0.4) is 0 Å². The summed E-state index contributed by atoms with van der Waals surface area (Å²) < 4.78 is 7.92. The first-order valence-corrected chi connectivity index (χ1v) is 8.75. The van der Waals surface area contributed by atoms with Crippen LogP contribution in [0.5, 0.6) is 5.75 Å². The van der Waals surface area contributed by atoms with Crippen LogP contribution >= 0.6 is 0 Å². The zero-order chi connectivity index (χ0) is 15.8. The normalized spacial score (nSPS) is 19.1. The average molecular weight is 310 g/mol. The van der Waals surface area contributed by atoms with E-state index < -0.39 is 0 Å². The van der Waals surface area contributed by atoms with Gasteiger partial charge in [-0.25, -0.2) is 0 Å². The molecule has 1 aliphatic carbocycles. The number of nitrogens with zero attached hydrogens (tertiary/aromatic N) is 2. The Balaban J connectivity index is 1.70. The second-order valence-corrected chi connectivity index (χ2v) is 7.20. The number of benzene rings is 1. The molecule has 0 saturated heterocycles. The van der Waals surface area contributed by atoms with Crippen LogP contribution in [-0.4, -0.2) is 36.7 Å². The van der Waals surface area contributed by atoms with E-state index in [0.717, 1.165) is 24.6 Å². The van der Waals surface area contributed by atoms with Crippen LogP contribution in [0, 0.1) is 5.92 Å². The molecule has 0 spiro atoms. The van der Waals surface area contributed by atoms with Crippen LogP contribution in [0.1, 0.15) is 24.8 Å². The van der Waals surface area contributed by atoms with E-state index in [1.54, 1.807) is 12.7 Å². The molecule has 4 rings (SSSR count). The number of likely N-dealkylation sites (N-methyl/N-ethyl adjacent to an activating group) is 1. The van der Waals surface area contributed by atoms with Gasteiger partial charge in [-0.15, -0.1) is 0 Å². The fraction of sp³-hybridized carbons (Fsp3) is 0.500. The molecule has 0 amide bonds. The molecule has 2 heterocycles. The molecule has 1 aromatic carbocycles. The molecule has 0 unspecified atom stereocenters. The second-order valence-electron chi connectivity index (χ2n) is 7.20. The Labute approximate surface area is 138 Å². The standard InChI is InChI=1S/C20H26N2O/c1-21-9-3-4-16(12-21)10-17-14-22(13-15-5-6-15)20-8-7-18(23-2)11-19(17)20/h4,7-8,11,14-15H,3,5-6,9-10,12-13H2,1-2H3.